The lowest BCUT2D eigenvalue weighted by Gasteiger charge is -2.36. The van der Waals surface area contributed by atoms with Gasteiger partial charge in [-0.15, -0.1) is 0 Å². The highest BCUT2D eigenvalue weighted by molar-refractivity contribution is 5.67. The second-order valence-electron chi connectivity index (χ2n) is 14.2. The van der Waals surface area contributed by atoms with Crippen LogP contribution < -0.4 is 5.32 Å². The maximum absolute atomic E-state index is 11.5. The zero-order valence-electron chi connectivity index (χ0n) is 36.0. The minimum Gasteiger partial charge on any atom is -0.444 e. The second kappa shape index (κ2) is 33.2. The summed E-state index contributed by atoms with van der Waals surface area (Å²) in [6.45, 7) is 15.7. The number of amides is 1. The van der Waals surface area contributed by atoms with Gasteiger partial charge in [0, 0.05) is 6.54 Å². The normalized spacial score (nSPS) is 11.8. The van der Waals surface area contributed by atoms with Crippen molar-refractivity contribution < 1.29 is 61.6 Å². The molecule has 3 rings (SSSR count). The molecule has 0 aliphatic heterocycles. The van der Waals surface area contributed by atoms with Crippen LogP contribution in [0.1, 0.15) is 37.5 Å². The molecule has 14 heteroatoms. The summed E-state index contributed by atoms with van der Waals surface area (Å²) in [7, 11) is 0. The summed E-state index contributed by atoms with van der Waals surface area (Å²) in [5.41, 5.74) is 1.92. The largest absolute Gasteiger partial charge is 0.444 e. The molecule has 0 unspecified atom stereocenters. The number of benzene rings is 3. The molecule has 3 aromatic carbocycles. The molecule has 0 saturated heterocycles. The van der Waals surface area contributed by atoms with Crippen LogP contribution in [0.15, 0.2) is 91.0 Å². The van der Waals surface area contributed by atoms with Gasteiger partial charge in [0.05, 0.1) is 139 Å². The SMILES string of the molecule is CC(C)(C)OC(=O)NCCOCCOCCOCCOCCOCCOCCOCCOCCOCCOCCOC(c1ccccc1)(c1ccccc1)c1ccccc1. The van der Waals surface area contributed by atoms with E-state index in [1.807, 2.05) is 75.4 Å². The highest BCUT2D eigenvalue weighted by Gasteiger charge is 2.37. The first kappa shape index (κ1) is 50.8. The van der Waals surface area contributed by atoms with Crippen molar-refractivity contribution in [1.82, 2.24) is 5.32 Å². The van der Waals surface area contributed by atoms with Crippen LogP contribution in [0.2, 0.25) is 0 Å². The Balaban J connectivity index is 1.02. The Hall–Kier alpha value is -3.51. The Labute approximate surface area is 357 Å². The van der Waals surface area contributed by atoms with E-state index >= 15 is 0 Å². The van der Waals surface area contributed by atoms with Crippen molar-refractivity contribution in [2.75, 3.05) is 145 Å². The van der Waals surface area contributed by atoms with E-state index in [1.54, 1.807) is 0 Å². The molecule has 1 amide bonds. The molecule has 0 aliphatic carbocycles. The average Bonchev–Trinajstić information content (AvgIpc) is 3.25. The lowest BCUT2D eigenvalue weighted by atomic mass is 9.80. The molecule has 0 spiro atoms. The molecule has 336 valence electrons. The molecule has 0 heterocycles. The van der Waals surface area contributed by atoms with Crippen LogP contribution in [0, 0.1) is 0 Å². The molecule has 1 N–H and O–H groups in total. The maximum Gasteiger partial charge on any atom is 0.407 e. The van der Waals surface area contributed by atoms with Crippen molar-refractivity contribution in [3.8, 4) is 0 Å². The predicted octanol–water partition coefficient (Wildman–Crippen LogP) is 5.69. The van der Waals surface area contributed by atoms with Crippen molar-refractivity contribution in [2.45, 2.75) is 32.0 Å². The molecule has 60 heavy (non-hydrogen) atoms. The fraction of sp³-hybridized carbons (Fsp3) is 0.587. The van der Waals surface area contributed by atoms with Gasteiger partial charge in [0.2, 0.25) is 0 Å². The smallest absolute Gasteiger partial charge is 0.407 e. The highest BCUT2D eigenvalue weighted by atomic mass is 16.6. The number of alkyl carbamates (subject to hydrolysis) is 1. The topological polar surface area (TPSA) is 140 Å². The van der Waals surface area contributed by atoms with Crippen molar-refractivity contribution >= 4 is 6.09 Å². The summed E-state index contributed by atoms with van der Waals surface area (Å²) >= 11 is 0. The van der Waals surface area contributed by atoms with Gasteiger partial charge in [-0.25, -0.2) is 4.79 Å². The van der Waals surface area contributed by atoms with E-state index in [0.29, 0.717) is 145 Å². The second-order valence-corrected chi connectivity index (χ2v) is 14.2. The summed E-state index contributed by atoms with van der Waals surface area (Å²) in [5.74, 6) is 0. The first-order valence-corrected chi connectivity index (χ1v) is 21.0. The van der Waals surface area contributed by atoms with Gasteiger partial charge in [-0.1, -0.05) is 91.0 Å². The molecule has 0 aliphatic rings. The van der Waals surface area contributed by atoms with Gasteiger partial charge < -0.3 is 62.2 Å². The average molecular weight is 844 g/mol. The van der Waals surface area contributed by atoms with E-state index in [9.17, 15) is 4.79 Å². The summed E-state index contributed by atoms with van der Waals surface area (Å²) in [6, 6.07) is 31.0. The van der Waals surface area contributed by atoms with Gasteiger partial charge >= 0.3 is 6.09 Å². The van der Waals surface area contributed by atoms with E-state index in [4.69, 9.17) is 56.8 Å². The molecule has 0 aromatic heterocycles. The number of rotatable bonds is 37. The number of carbonyl (C=O) groups is 1. The minimum atomic E-state index is -0.757. The number of carbonyl (C=O) groups excluding carboxylic acids is 1. The van der Waals surface area contributed by atoms with E-state index in [1.165, 1.54) is 0 Å². The Bertz CT molecular complexity index is 1330. The van der Waals surface area contributed by atoms with Gasteiger partial charge in [0.1, 0.15) is 11.2 Å². The number of nitrogens with one attached hydrogen (secondary N) is 1. The maximum atomic E-state index is 11.5. The van der Waals surface area contributed by atoms with Gasteiger partial charge in [0.15, 0.2) is 0 Å². The molecular formula is C46H69NO13. The van der Waals surface area contributed by atoms with E-state index in [2.05, 4.69) is 41.7 Å². The third-order valence-electron chi connectivity index (χ3n) is 8.35. The Morgan fingerprint density at radius 2 is 0.633 bits per heavy atom. The minimum absolute atomic E-state index is 0.379. The number of hydrogen-bond donors (Lipinski definition) is 1. The van der Waals surface area contributed by atoms with Crippen LogP contribution in [0.3, 0.4) is 0 Å². The lowest BCUT2D eigenvalue weighted by Crippen LogP contribution is -2.34. The van der Waals surface area contributed by atoms with Gasteiger partial charge in [0.25, 0.3) is 0 Å². The fourth-order valence-corrected chi connectivity index (χ4v) is 5.64. The first-order chi connectivity index (χ1) is 29.4. The molecule has 0 fully saturated rings. The van der Waals surface area contributed by atoms with Crippen molar-refractivity contribution in [1.29, 1.82) is 0 Å². The van der Waals surface area contributed by atoms with Crippen LogP contribution in [0.5, 0.6) is 0 Å². The molecule has 0 bridgehead atoms. The number of ether oxygens (including phenoxy) is 12. The van der Waals surface area contributed by atoms with Gasteiger partial charge in [-0.3, -0.25) is 0 Å². The molecule has 14 nitrogen and oxygen atoms in total. The zero-order valence-corrected chi connectivity index (χ0v) is 36.0. The standard InChI is InChI=1S/C46H69NO13/c1-45(2,3)60-44(48)47-19-20-49-21-22-50-23-24-51-25-26-52-27-28-53-29-30-54-31-32-55-33-34-56-35-36-57-37-38-58-39-40-59-46(41-13-7-4-8-14-41,42-15-9-5-10-16-42)43-17-11-6-12-18-43/h4-18H,19-40H2,1-3H3,(H,47,48). The van der Waals surface area contributed by atoms with Crippen LogP contribution in [-0.4, -0.2) is 157 Å². The first-order valence-electron chi connectivity index (χ1n) is 21.0. The van der Waals surface area contributed by atoms with Crippen LogP contribution >= 0.6 is 0 Å². The van der Waals surface area contributed by atoms with Gasteiger partial charge in [-0.2, -0.15) is 0 Å². The number of hydrogen-bond acceptors (Lipinski definition) is 13. The predicted molar refractivity (Wildman–Crippen MR) is 228 cm³/mol. The van der Waals surface area contributed by atoms with Crippen molar-refractivity contribution in [3.05, 3.63) is 108 Å². The summed E-state index contributed by atoms with van der Waals surface area (Å²) < 4.78 is 67.4. The van der Waals surface area contributed by atoms with E-state index in [0.717, 1.165) is 16.7 Å². The van der Waals surface area contributed by atoms with Crippen LogP contribution in [0.4, 0.5) is 4.79 Å². The summed E-state index contributed by atoms with van der Waals surface area (Å²) in [6.07, 6.45) is -0.454. The van der Waals surface area contributed by atoms with Gasteiger partial charge in [-0.05, 0) is 37.5 Å². The van der Waals surface area contributed by atoms with Crippen molar-refractivity contribution in [2.24, 2.45) is 0 Å². The Kier molecular flexibility index (Phi) is 28.1. The zero-order chi connectivity index (χ0) is 42.7. The van der Waals surface area contributed by atoms with Crippen LogP contribution in [-0.2, 0) is 62.4 Å². The quantitative estimate of drug-likeness (QED) is 0.0563. The highest BCUT2D eigenvalue weighted by Crippen LogP contribution is 2.40. The molecule has 0 atom stereocenters. The fourth-order valence-electron chi connectivity index (χ4n) is 5.64. The summed E-state index contributed by atoms with van der Waals surface area (Å²) in [5, 5.41) is 2.63. The summed E-state index contributed by atoms with van der Waals surface area (Å²) in [4.78, 5) is 11.5. The molecule has 0 radical (unpaired) electrons. The third kappa shape index (κ3) is 23.5. The van der Waals surface area contributed by atoms with Crippen molar-refractivity contribution in [3.63, 3.8) is 0 Å². The monoisotopic (exact) mass is 843 g/mol. The molecular weight excluding hydrogens is 774 g/mol. The lowest BCUT2D eigenvalue weighted by molar-refractivity contribution is -0.0399. The van der Waals surface area contributed by atoms with E-state index in [-0.39, 0.29) is 0 Å². The van der Waals surface area contributed by atoms with Crippen LogP contribution in [0.25, 0.3) is 0 Å². The Morgan fingerprint density at radius 3 is 0.900 bits per heavy atom. The third-order valence-corrected chi connectivity index (χ3v) is 8.35. The molecule has 3 aromatic rings. The van der Waals surface area contributed by atoms with E-state index < -0.39 is 17.3 Å². The Morgan fingerprint density at radius 1 is 0.383 bits per heavy atom. The molecule has 0 saturated carbocycles.